The number of allylic oxidation sites excluding steroid dienone is 1. The lowest BCUT2D eigenvalue weighted by Gasteiger charge is -2.51. The number of fused-ring (bicyclic) bond motifs is 12. The van der Waals surface area contributed by atoms with Gasteiger partial charge in [0.05, 0.1) is 10.3 Å². The van der Waals surface area contributed by atoms with Crippen LogP contribution >= 0.6 is 11.8 Å². The zero-order valence-corrected chi connectivity index (χ0v) is 47.8. The number of hydrogen-bond donors (Lipinski definition) is 0. The van der Waals surface area contributed by atoms with Crippen molar-refractivity contribution >= 4 is 80.2 Å². The molecule has 0 radical (unpaired) electrons. The Labute approximate surface area is 466 Å². The van der Waals surface area contributed by atoms with Crippen molar-refractivity contribution in [2.75, 3.05) is 14.7 Å². The molecule has 0 N–H and O–H groups in total. The predicted octanol–water partition coefficient (Wildman–Crippen LogP) is 18.5. The van der Waals surface area contributed by atoms with Crippen molar-refractivity contribution in [3.8, 4) is 22.5 Å². The zero-order valence-electron chi connectivity index (χ0n) is 46.9. The summed E-state index contributed by atoms with van der Waals surface area (Å²) in [5, 5.41) is 1.13. The lowest BCUT2D eigenvalue weighted by molar-refractivity contribution is 0.195. The molecule has 0 saturated heterocycles. The first-order valence-corrected chi connectivity index (χ1v) is 29.5. The van der Waals surface area contributed by atoms with E-state index in [1.54, 1.807) is 0 Å². The molecule has 0 amide bonds. The van der Waals surface area contributed by atoms with E-state index in [4.69, 9.17) is 4.42 Å². The number of para-hydroxylation sites is 1. The summed E-state index contributed by atoms with van der Waals surface area (Å²) < 4.78 is 6.85. The van der Waals surface area contributed by atoms with Gasteiger partial charge in [0.25, 0.3) is 6.71 Å². The molecule has 386 valence electrons. The molecule has 9 aromatic rings. The average molecular weight is 1030 g/mol. The van der Waals surface area contributed by atoms with E-state index in [1.807, 2.05) is 0 Å². The molecule has 78 heavy (non-hydrogen) atoms. The lowest BCUT2D eigenvalue weighted by atomic mass is 9.36. The molecule has 1 spiro atoms. The van der Waals surface area contributed by atoms with Gasteiger partial charge < -0.3 is 19.1 Å². The summed E-state index contributed by atoms with van der Waals surface area (Å²) in [6, 6.07) is 64.1. The van der Waals surface area contributed by atoms with Gasteiger partial charge in [0.2, 0.25) is 0 Å². The van der Waals surface area contributed by atoms with Crippen molar-refractivity contribution < 1.29 is 4.42 Å². The Balaban J connectivity index is 1.06. The fraction of sp³-hybridized carbons (Fsp3) is 0.278. The third-order valence-electron chi connectivity index (χ3n) is 19.6. The summed E-state index contributed by atoms with van der Waals surface area (Å²) in [6.07, 6.45) is 5.62. The molecule has 4 nitrogen and oxygen atoms in total. The number of benzene rings is 8. The van der Waals surface area contributed by atoms with Crippen molar-refractivity contribution in [1.29, 1.82) is 0 Å². The number of anilines is 7. The summed E-state index contributed by atoms with van der Waals surface area (Å²) in [4.78, 5) is 9.59. The molecular formula is C72H68BN3OS. The van der Waals surface area contributed by atoms with Gasteiger partial charge >= 0.3 is 0 Å². The molecule has 6 aliphatic rings. The second-order valence-electron chi connectivity index (χ2n) is 25.6. The third-order valence-corrected chi connectivity index (χ3v) is 21.3. The van der Waals surface area contributed by atoms with Crippen LogP contribution in [0.15, 0.2) is 179 Å². The van der Waals surface area contributed by atoms with Crippen LogP contribution in [-0.2, 0) is 15.6 Å². The number of furan rings is 1. The second kappa shape index (κ2) is 16.7. The van der Waals surface area contributed by atoms with Gasteiger partial charge in [-0.25, -0.2) is 0 Å². The lowest BCUT2D eigenvalue weighted by Crippen LogP contribution is -2.56. The van der Waals surface area contributed by atoms with Crippen LogP contribution in [0.1, 0.15) is 131 Å². The normalized spacial score (nSPS) is 20.3. The Morgan fingerprint density at radius 2 is 1.21 bits per heavy atom. The maximum absolute atomic E-state index is 7.17. The number of thioether (sulfide) groups is 1. The van der Waals surface area contributed by atoms with Crippen molar-refractivity contribution in [3.05, 3.63) is 219 Å². The van der Waals surface area contributed by atoms with E-state index < -0.39 is 0 Å². The topological polar surface area (TPSA) is 22.9 Å². The van der Waals surface area contributed by atoms with E-state index >= 15 is 0 Å². The first-order chi connectivity index (χ1) is 37.6. The van der Waals surface area contributed by atoms with Gasteiger partial charge in [0.15, 0.2) is 0 Å². The molecule has 0 bridgehead atoms. The van der Waals surface area contributed by atoms with Gasteiger partial charge in [-0.05, 0) is 166 Å². The van der Waals surface area contributed by atoms with E-state index in [0.29, 0.717) is 5.92 Å². The Morgan fingerprint density at radius 1 is 0.603 bits per heavy atom. The van der Waals surface area contributed by atoms with E-state index in [2.05, 4.69) is 259 Å². The first kappa shape index (κ1) is 48.0. The maximum atomic E-state index is 7.17. The van der Waals surface area contributed by atoms with Gasteiger partial charge in [0, 0.05) is 74.4 Å². The Bertz CT molecular complexity index is 3980. The van der Waals surface area contributed by atoms with Gasteiger partial charge in [-0.2, -0.15) is 0 Å². The molecule has 2 atom stereocenters. The second-order valence-corrected chi connectivity index (χ2v) is 26.9. The SMILES string of the molecule is Cc1cc(C)c(-c2cc3cc4c(cc3o2)N(c2ccc(C(C)(C)C)cc2)c2cc(N3c5ccccc5C5(C)CCCCC35C)cc3c2B4C2=C(CC4(S2)c2ccccc2-c2ccccc24)N3c2ccc(C(C)C)cc2)c(C)c1. The minimum Gasteiger partial charge on any atom is -0.456 e. The summed E-state index contributed by atoms with van der Waals surface area (Å²) in [6.45, 7) is 23.3. The molecule has 2 aliphatic carbocycles. The van der Waals surface area contributed by atoms with Crippen molar-refractivity contribution in [2.45, 2.75) is 128 Å². The molecule has 4 aliphatic heterocycles. The van der Waals surface area contributed by atoms with E-state index in [9.17, 15) is 0 Å². The first-order valence-electron chi connectivity index (χ1n) is 28.7. The van der Waals surface area contributed by atoms with Gasteiger partial charge in [-0.3, -0.25) is 0 Å². The Hall–Kier alpha value is -7.15. The van der Waals surface area contributed by atoms with Gasteiger partial charge in [-0.15, -0.1) is 11.8 Å². The van der Waals surface area contributed by atoms with Gasteiger partial charge in [0.1, 0.15) is 11.3 Å². The van der Waals surface area contributed by atoms with E-state index in [1.165, 1.54) is 136 Å². The monoisotopic (exact) mass is 1030 g/mol. The molecule has 8 aromatic carbocycles. The van der Waals surface area contributed by atoms with Crippen LogP contribution in [0.2, 0.25) is 0 Å². The highest BCUT2D eigenvalue weighted by Crippen LogP contribution is 2.68. The minimum atomic E-state index is -0.322. The van der Waals surface area contributed by atoms with Crippen LogP contribution in [0.5, 0.6) is 0 Å². The molecule has 5 heterocycles. The smallest absolute Gasteiger partial charge is 0.259 e. The highest BCUT2D eigenvalue weighted by molar-refractivity contribution is 8.06. The molecule has 15 rings (SSSR count). The number of nitrogens with zero attached hydrogens (tertiary/aromatic N) is 3. The van der Waals surface area contributed by atoms with Crippen LogP contribution in [0, 0.1) is 20.8 Å². The quantitative estimate of drug-likeness (QED) is 0.160. The zero-order chi connectivity index (χ0) is 53.4. The number of hydrogen-bond acceptors (Lipinski definition) is 5. The van der Waals surface area contributed by atoms with Crippen LogP contribution in [0.4, 0.5) is 39.8 Å². The number of rotatable bonds is 5. The molecular weight excluding hydrogens is 966 g/mol. The van der Waals surface area contributed by atoms with Crippen LogP contribution in [0.3, 0.4) is 0 Å². The molecule has 2 unspecified atom stereocenters. The summed E-state index contributed by atoms with van der Waals surface area (Å²) in [5.41, 5.74) is 28.1. The van der Waals surface area contributed by atoms with Crippen molar-refractivity contribution in [1.82, 2.24) is 0 Å². The summed E-state index contributed by atoms with van der Waals surface area (Å²) in [7, 11) is 0. The predicted molar refractivity (Wildman–Crippen MR) is 332 cm³/mol. The number of aryl methyl sites for hydroxylation is 3. The van der Waals surface area contributed by atoms with Crippen LogP contribution < -0.4 is 25.6 Å². The molecule has 1 fully saturated rings. The van der Waals surface area contributed by atoms with Crippen molar-refractivity contribution in [2.24, 2.45) is 0 Å². The standard InChI is InChI=1S/C72H68BN3OS/c1-43(2)47-25-29-50(30-26-47)75-62-40-52(76-59-24-16-15-23-57(59)70(9)33-17-18-34-71(70,76)10)39-61-67(62)73(68-63(75)42-72(78-68)55-21-13-11-19-53(55)54-20-12-14-22-56(54)72)58-37-48-38-65(66-45(4)35-44(3)36-46(66)5)77-64(48)41-60(58)74(61)51-31-27-49(28-32-51)69(6,7)8/h11-16,19-32,35-41,43H,17-18,33-34,42H2,1-10H3. The molecule has 6 heteroatoms. The van der Waals surface area contributed by atoms with E-state index in [-0.39, 0.29) is 27.8 Å². The van der Waals surface area contributed by atoms with Gasteiger partial charge in [-0.1, -0.05) is 169 Å². The van der Waals surface area contributed by atoms with Crippen molar-refractivity contribution in [3.63, 3.8) is 0 Å². The van der Waals surface area contributed by atoms with Crippen LogP contribution in [-0.4, -0.2) is 12.3 Å². The highest BCUT2D eigenvalue weighted by atomic mass is 32.2. The Morgan fingerprint density at radius 3 is 1.87 bits per heavy atom. The fourth-order valence-corrected chi connectivity index (χ4v) is 17.5. The Kier molecular flexibility index (Phi) is 10.3. The highest BCUT2D eigenvalue weighted by Gasteiger charge is 2.59. The average Bonchev–Trinajstić information content (AvgIpc) is 3.55. The largest absolute Gasteiger partial charge is 0.456 e. The van der Waals surface area contributed by atoms with E-state index in [0.717, 1.165) is 35.3 Å². The third kappa shape index (κ3) is 6.56. The summed E-state index contributed by atoms with van der Waals surface area (Å²) in [5.74, 6) is 1.34. The molecule has 1 saturated carbocycles. The van der Waals surface area contributed by atoms with Crippen LogP contribution in [0.25, 0.3) is 33.4 Å². The maximum Gasteiger partial charge on any atom is 0.259 e. The molecule has 1 aromatic heterocycles. The fourth-order valence-electron chi connectivity index (χ4n) is 15.7. The minimum absolute atomic E-state index is 0.00164. The summed E-state index contributed by atoms with van der Waals surface area (Å²) >= 11 is 2.13.